The molecule has 0 heterocycles. The van der Waals surface area contributed by atoms with Gasteiger partial charge in [-0.05, 0) is 42.5 Å². The smallest absolute Gasteiger partial charge is 0.124 e. The van der Waals surface area contributed by atoms with Crippen LogP contribution in [0.4, 0.5) is 4.39 Å². The molecule has 4 heteroatoms. The second kappa shape index (κ2) is 7.39. The van der Waals surface area contributed by atoms with E-state index < -0.39 is 0 Å². The van der Waals surface area contributed by atoms with E-state index in [0.717, 1.165) is 18.4 Å². The van der Waals surface area contributed by atoms with Gasteiger partial charge in [0.2, 0.25) is 0 Å². The van der Waals surface area contributed by atoms with E-state index in [2.05, 4.69) is 17.6 Å². The molecule has 0 saturated carbocycles. The first kappa shape index (κ1) is 15.0. The van der Waals surface area contributed by atoms with Gasteiger partial charge in [-0.25, -0.2) is 4.39 Å². The standard InChI is InChI=1S/C16H18ClFN2/c17-16-11-14(18)8-7-13(16)10-15(20-19)9-6-12-4-2-1-3-5-12/h1-5,7-8,11,15,20H,6,9-10,19H2. The molecular formula is C16H18ClFN2. The summed E-state index contributed by atoms with van der Waals surface area (Å²) in [6.45, 7) is 0. The first-order valence-corrected chi connectivity index (χ1v) is 7.01. The van der Waals surface area contributed by atoms with Gasteiger partial charge >= 0.3 is 0 Å². The minimum absolute atomic E-state index is 0.109. The number of hydrazine groups is 1. The molecule has 1 atom stereocenters. The molecule has 0 aliphatic heterocycles. The van der Waals surface area contributed by atoms with Crippen LogP contribution in [0.1, 0.15) is 17.5 Å². The first-order chi connectivity index (χ1) is 9.69. The van der Waals surface area contributed by atoms with Crippen molar-refractivity contribution >= 4 is 11.6 Å². The molecule has 0 spiro atoms. The van der Waals surface area contributed by atoms with Crippen molar-refractivity contribution in [2.75, 3.05) is 0 Å². The molecule has 0 saturated heterocycles. The molecule has 0 aliphatic rings. The van der Waals surface area contributed by atoms with Crippen molar-refractivity contribution in [1.82, 2.24) is 5.43 Å². The Morgan fingerprint density at radius 2 is 1.90 bits per heavy atom. The van der Waals surface area contributed by atoms with Crippen LogP contribution in [0.25, 0.3) is 0 Å². The van der Waals surface area contributed by atoms with Gasteiger partial charge in [-0.15, -0.1) is 0 Å². The maximum Gasteiger partial charge on any atom is 0.124 e. The lowest BCUT2D eigenvalue weighted by atomic mass is 9.99. The van der Waals surface area contributed by atoms with E-state index in [1.54, 1.807) is 6.07 Å². The van der Waals surface area contributed by atoms with E-state index in [1.807, 2.05) is 18.2 Å². The maximum atomic E-state index is 13.0. The summed E-state index contributed by atoms with van der Waals surface area (Å²) >= 11 is 6.04. The Morgan fingerprint density at radius 1 is 1.15 bits per heavy atom. The fraction of sp³-hybridized carbons (Fsp3) is 0.250. The van der Waals surface area contributed by atoms with Crippen molar-refractivity contribution in [2.45, 2.75) is 25.3 Å². The first-order valence-electron chi connectivity index (χ1n) is 6.63. The lowest BCUT2D eigenvalue weighted by molar-refractivity contribution is 0.491. The Balaban J connectivity index is 1.95. The van der Waals surface area contributed by atoms with Crippen LogP contribution in [0.3, 0.4) is 0 Å². The minimum Gasteiger partial charge on any atom is -0.271 e. The van der Waals surface area contributed by atoms with E-state index >= 15 is 0 Å². The monoisotopic (exact) mass is 292 g/mol. The summed E-state index contributed by atoms with van der Waals surface area (Å²) in [4.78, 5) is 0. The minimum atomic E-state index is -0.319. The molecule has 1 unspecified atom stereocenters. The Morgan fingerprint density at radius 3 is 2.55 bits per heavy atom. The van der Waals surface area contributed by atoms with E-state index in [9.17, 15) is 4.39 Å². The predicted octanol–water partition coefficient (Wildman–Crippen LogP) is 3.49. The van der Waals surface area contributed by atoms with Crippen molar-refractivity contribution < 1.29 is 4.39 Å². The second-order valence-corrected chi connectivity index (χ2v) is 5.23. The van der Waals surface area contributed by atoms with Crippen molar-refractivity contribution in [3.05, 3.63) is 70.5 Å². The van der Waals surface area contributed by atoms with Crippen LogP contribution in [0.15, 0.2) is 48.5 Å². The van der Waals surface area contributed by atoms with E-state index in [-0.39, 0.29) is 11.9 Å². The Hall–Kier alpha value is -1.42. The van der Waals surface area contributed by atoms with Gasteiger partial charge in [-0.2, -0.15) is 0 Å². The lowest BCUT2D eigenvalue weighted by Crippen LogP contribution is -2.37. The molecule has 0 radical (unpaired) electrons. The van der Waals surface area contributed by atoms with Crippen molar-refractivity contribution in [3.8, 4) is 0 Å². The normalized spacial score (nSPS) is 12.3. The molecule has 0 aromatic heterocycles. The molecule has 20 heavy (non-hydrogen) atoms. The summed E-state index contributed by atoms with van der Waals surface area (Å²) in [7, 11) is 0. The van der Waals surface area contributed by atoms with Crippen LogP contribution >= 0.6 is 11.6 Å². The average Bonchev–Trinajstić information content (AvgIpc) is 2.46. The molecule has 3 N–H and O–H groups in total. The Bertz CT molecular complexity index is 545. The molecule has 2 aromatic rings. The van der Waals surface area contributed by atoms with Gasteiger partial charge < -0.3 is 0 Å². The summed E-state index contributed by atoms with van der Waals surface area (Å²) in [6, 6.07) is 14.8. The van der Waals surface area contributed by atoms with E-state index in [4.69, 9.17) is 17.4 Å². The highest BCUT2D eigenvalue weighted by molar-refractivity contribution is 6.31. The third-order valence-electron chi connectivity index (χ3n) is 3.34. The number of hydrogen-bond donors (Lipinski definition) is 2. The number of nitrogens with two attached hydrogens (primary N) is 1. The molecule has 2 aromatic carbocycles. The highest BCUT2D eigenvalue weighted by Gasteiger charge is 2.11. The number of nitrogens with one attached hydrogen (secondary N) is 1. The fourth-order valence-corrected chi connectivity index (χ4v) is 2.43. The highest BCUT2D eigenvalue weighted by Crippen LogP contribution is 2.20. The number of aryl methyl sites for hydroxylation is 1. The Kier molecular flexibility index (Phi) is 5.53. The molecule has 2 nitrogen and oxygen atoms in total. The van der Waals surface area contributed by atoms with E-state index in [1.165, 1.54) is 17.7 Å². The van der Waals surface area contributed by atoms with Crippen LogP contribution in [0, 0.1) is 5.82 Å². The number of hydrogen-bond acceptors (Lipinski definition) is 2. The topological polar surface area (TPSA) is 38.0 Å². The summed E-state index contributed by atoms with van der Waals surface area (Å²) in [5, 5.41) is 0.449. The zero-order valence-electron chi connectivity index (χ0n) is 11.2. The molecule has 2 rings (SSSR count). The van der Waals surface area contributed by atoms with Crippen molar-refractivity contribution in [2.24, 2.45) is 5.84 Å². The van der Waals surface area contributed by atoms with Crippen molar-refractivity contribution in [3.63, 3.8) is 0 Å². The largest absolute Gasteiger partial charge is 0.271 e. The van der Waals surface area contributed by atoms with Crippen LogP contribution in [-0.2, 0) is 12.8 Å². The molecule has 106 valence electrons. The number of rotatable bonds is 6. The Labute approximate surface area is 123 Å². The third kappa shape index (κ3) is 4.30. The SMILES string of the molecule is NNC(CCc1ccccc1)Cc1ccc(F)cc1Cl. The lowest BCUT2D eigenvalue weighted by Gasteiger charge is -2.16. The van der Waals surface area contributed by atoms with E-state index in [0.29, 0.717) is 11.4 Å². The van der Waals surface area contributed by atoms with Crippen LogP contribution in [0.2, 0.25) is 5.02 Å². The van der Waals surface area contributed by atoms with Gasteiger partial charge in [-0.1, -0.05) is 48.0 Å². The molecule has 0 amide bonds. The summed E-state index contributed by atoms with van der Waals surface area (Å²) in [6.07, 6.45) is 2.52. The molecular weight excluding hydrogens is 275 g/mol. The van der Waals surface area contributed by atoms with Crippen molar-refractivity contribution in [1.29, 1.82) is 0 Å². The molecule has 0 bridgehead atoms. The third-order valence-corrected chi connectivity index (χ3v) is 3.69. The van der Waals surface area contributed by atoms with Gasteiger partial charge in [0, 0.05) is 11.1 Å². The second-order valence-electron chi connectivity index (χ2n) is 4.83. The fourth-order valence-electron chi connectivity index (χ4n) is 2.18. The molecule has 0 aliphatic carbocycles. The van der Waals surface area contributed by atoms with Gasteiger partial charge in [0.05, 0.1) is 0 Å². The van der Waals surface area contributed by atoms with Crippen LogP contribution in [0.5, 0.6) is 0 Å². The van der Waals surface area contributed by atoms with Gasteiger partial charge in [0.1, 0.15) is 5.82 Å². The summed E-state index contributed by atoms with van der Waals surface area (Å²) < 4.78 is 13.0. The quantitative estimate of drug-likeness (QED) is 0.632. The highest BCUT2D eigenvalue weighted by atomic mass is 35.5. The predicted molar refractivity (Wildman–Crippen MR) is 81.0 cm³/mol. The summed E-state index contributed by atoms with van der Waals surface area (Å²) in [5.74, 6) is 5.28. The maximum absolute atomic E-state index is 13.0. The number of halogens is 2. The average molecular weight is 293 g/mol. The van der Waals surface area contributed by atoms with Gasteiger partial charge in [0.25, 0.3) is 0 Å². The number of benzene rings is 2. The van der Waals surface area contributed by atoms with Gasteiger partial charge in [-0.3, -0.25) is 11.3 Å². The van der Waals surface area contributed by atoms with Crippen LogP contribution < -0.4 is 11.3 Å². The zero-order chi connectivity index (χ0) is 14.4. The zero-order valence-corrected chi connectivity index (χ0v) is 11.9. The summed E-state index contributed by atoms with van der Waals surface area (Å²) in [5.41, 5.74) is 4.99. The van der Waals surface area contributed by atoms with Gasteiger partial charge in [0.15, 0.2) is 0 Å². The van der Waals surface area contributed by atoms with Crippen LogP contribution in [-0.4, -0.2) is 6.04 Å². The molecule has 0 fully saturated rings.